The van der Waals surface area contributed by atoms with Crippen molar-refractivity contribution >= 4 is 16.8 Å². The van der Waals surface area contributed by atoms with Crippen LogP contribution in [0.1, 0.15) is 18.9 Å². The van der Waals surface area contributed by atoms with Crippen molar-refractivity contribution < 1.29 is 4.79 Å². The van der Waals surface area contributed by atoms with Gasteiger partial charge in [-0.1, -0.05) is 18.2 Å². The van der Waals surface area contributed by atoms with Gasteiger partial charge in [0.15, 0.2) is 0 Å². The van der Waals surface area contributed by atoms with Crippen molar-refractivity contribution in [3.63, 3.8) is 0 Å². The lowest BCUT2D eigenvalue weighted by Crippen LogP contribution is -2.52. The van der Waals surface area contributed by atoms with Crippen molar-refractivity contribution in [2.45, 2.75) is 25.9 Å². The molecule has 5 nitrogen and oxygen atoms in total. The Hall–Kier alpha value is -1.85. The number of para-hydroxylation sites is 1. The number of nitrogens with zero attached hydrogens (tertiary/aromatic N) is 3. The average Bonchev–Trinajstić information content (AvgIpc) is 2.90. The molecule has 0 spiro atoms. The lowest BCUT2D eigenvalue weighted by molar-refractivity contribution is -0.119. The molecule has 1 aliphatic heterocycles. The van der Waals surface area contributed by atoms with E-state index in [0.717, 1.165) is 32.6 Å². The molecule has 1 aromatic carbocycles. The topological polar surface area (TPSA) is 40.5 Å². The lowest BCUT2D eigenvalue weighted by atomic mass is 9.90. The van der Waals surface area contributed by atoms with Crippen molar-refractivity contribution in [1.29, 1.82) is 0 Å². The molecule has 2 atom stereocenters. The predicted molar refractivity (Wildman–Crippen MR) is 102 cm³/mol. The molecule has 1 N–H and O–H groups in total. The van der Waals surface area contributed by atoms with E-state index in [0.29, 0.717) is 12.0 Å². The molecule has 1 aromatic heterocycles. The molecule has 0 saturated carbocycles. The summed E-state index contributed by atoms with van der Waals surface area (Å²) in [6.45, 7) is 5.48. The maximum Gasteiger partial charge on any atom is 0.216 e. The number of amides is 1. The second kappa shape index (κ2) is 7.58. The first kappa shape index (κ1) is 18.0. The molecule has 3 rings (SSSR count). The van der Waals surface area contributed by atoms with E-state index in [-0.39, 0.29) is 5.91 Å². The number of carbonyl (C=O) groups excluding carboxylic acids is 1. The molecule has 1 saturated heterocycles. The zero-order chi connectivity index (χ0) is 18.0. The summed E-state index contributed by atoms with van der Waals surface area (Å²) in [5.74, 6) is 0.582. The smallest absolute Gasteiger partial charge is 0.216 e. The maximum absolute atomic E-state index is 11.3. The molecule has 0 radical (unpaired) electrons. The Morgan fingerprint density at radius 1 is 1.32 bits per heavy atom. The molecule has 1 fully saturated rings. The Bertz CT molecular complexity index is 736. The SMILES string of the molecule is CC(=O)NC[C@H]1CCN(Cc2cn(C)c3ccccc23)C[C@H]1N(C)C. The van der Waals surface area contributed by atoms with Crippen LogP contribution in [0.5, 0.6) is 0 Å². The third kappa shape index (κ3) is 4.05. The van der Waals surface area contributed by atoms with Crippen LogP contribution in [0.15, 0.2) is 30.5 Å². The summed E-state index contributed by atoms with van der Waals surface area (Å²) in [7, 11) is 6.41. The van der Waals surface area contributed by atoms with Gasteiger partial charge in [-0.25, -0.2) is 0 Å². The van der Waals surface area contributed by atoms with Gasteiger partial charge in [-0.2, -0.15) is 0 Å². The normalized spacial score (nSPS) is 21.8. The van der Waals surface area contributed by atoms with Crippen LogP contribution in [-0.4, -0.2) is 60.0 Å². The summed E-state index contributed by atoms with van der Waals surface area (Å²) in [6.07, 6.45) is 3.38. The maximum atomic E-state index is 11.3. The van der Waals surface area contributed by atoms with Crippen LogP contribution in [0.4, 0.5) is 0 Å². The van der Waals surface area contributed by atoms with Gasteiger partial charge in [0.05, 0.1) is 0 Å². The summed E-state index contributed by atoms with van der Waals surface area (Å²) < 4.78 is 2.22. The molecule has 0 unspecified atom stereocenters. The fourth-order valence-electron chi connectivity index (χ4n) is 4.08. The van der Waals surface area contributed by atoms with Gasteiger partial charge in [0, 0.05) is 56.7 Å². The predicted octanol–water partition coefficient (Wildman–Crippen LogP) is 2.07. The van der Waals surface area contributed by atoms with E-state index in [9.17, 15) is 4.79 Å². The number of aryl methyl sites for hydroxylation is 1. The molecule has 0 aliphatic carbocycles. The van der Waals surface area contributed by atoms with E-state index in [1.165, 1.54) is 16.5 Å². The number of rotatable bonds is 5. The summed E-state index contributed by atoms with van der Waals surface area (Å²) in [4.78, 5) is 16.1. The first-order chi connectivity index (χ1) is 12.0. The number of carbonyl (C=O) groups is 1. The molecule has 0 bridgehead atoms. The summed E-state index contributed by atoms with van der Waals surface area (Å²) in [6, 6.07) is 9.09. The average molecular weight is 342 g/mol. The van der Waals surface area contributed by atoms with E-state index in [1.807, 2.05) is 0 Å². The molecular weight excluding hydrogens is 312 g/mol. The standard InChI is InChI=1S/C20H30N4O/c1-15(25)21-11-16-9-10-24(14-20(16)22(2)3)13-17-12-23(4)19-8-6-5-7-18(17)19/h5-8,12,16,20H,9-11,13-14H2,1-4H3,(H,21,25)/t16-,20-/m1/s1. The van der Waals surface area contributed by atoms with Crippen LogP contribution >= 0.6 is 0 Å². The first-order valence-corrected chi connectivity index (χ1v) is 9.12. The number of nitrogens with one attached hydrogen (secondary N) is 1. The van der Waals surface area contributed by atoms with Crippen molar-refractivity contribution in [2.75, 3.05) is 33.7 Å². The second-order valence-electron chi connectivity index (χ2n) is 7.53. The van der Waals surface area contributed by atoms with E-state index in [1.54, 1.807) is 6.92 Å². The minimum absolute atomic E-state index is 0.0655. The van der Waals surface area contributed by atoms with Gasteiger partial charge < -0.3 is 14.8 Å². The molecular formula is C20H30N4O. The number of hydrogen-bond donors (Lipinski definition) is 1. The van der Waals surface area contributed by atoms with Crippen molar-refractivity contribution in [3.8, 4) is 0 Å². The second-order valence-corrected chi connectivity index (χ2v) is 7.53. The number of fused-ring (bicyclic) bond motifs is 1. The van der Waals surface area contributed by atoms with E-state index in [4.69, 9.17) is 0 Å². The lowest BCUT2D eigenvalue weighted by Gasteiger charge is -2.41. The minimum Gasteiger partial charge on any atom is -0.356 e. The highest BCUT2D eigenvalue weighted by Gasteiger charge is 2.31. The molecule has 2 aromatic rings. The van der Waals surface area contributed by atoms with Crippen LogP contribution in [0, 0.1) is 5.92 Å². The Morgan fingerprint density at radius 2 is 2.08 bits per heavy atom. The fraction of sp³-hybridized carbons (Fsp3) is 0.550. The number of likely N-dealkylation sites (tertiary alicyclic amines) is 1. The van der Waals surface area contributed by atoms with Gasteiger partial charge >= 0.3 is 0 Å². The van der Waals surface area contributed by atoms with Crippen LogP contribution in [0.25, 0.3) is 10.9 Å². The zero-order valence-electron chi connectivity index (χ0n) is 15.8. The number of benzene rings is 1. The molecule has 1 amide bonds. The first-order valence-electron chi connectivity index (χ1n) is 9.12. The van der Waals surface area contributed by atoms with Gasteiger partial charge in [-0.15, -0.1) is 0 Å². The molecule has 1 aliphatic rings. The summed E-state index contributed by atoms with van der Waals surface area (Å²) in [5, 5.41) is 4.36. The van der Waals surface area contributed by atoms with Crippen molar-refractivity contribution in [3.05, 3.63) is 36.0 Å². The van der Waals surface area contributed by atoms with E-state index >= 15 is 0 Å². The van der Waals surface area contributed by atoms with E-state index < -0.39 is 0 Å². The highest BCUT2D eigenvalue weighted by molar-refractivity contribution is 5.83. The van der Waals surface area contributed by atoms with Crippen molar-refractivity contribution in [2.24, 2.45) is 13.0 Å². The van der Waals surface area contributed by atoms with Crippen molar-refractivity contribution in [1.82, 2.24) is 19.7 Å². The minimum atomic E-state index is 0.0655. The van der Waals surface area contributed by atoms with Gasteiger partial charge in [0.1, 0.15) is 0 Å². The summed E-state index contributed by atoms with van der Waals surface area (Å²) >= 11 is 0. The van der Waals surface area contributed by atoms with Crippen LogP contribution in [0.2, 0.25) is 0 Å². The molecule has 136 valence electrons. The Balaban J connectivity index is 1.70. The number of aromatic nitrogens is 1. The Kier molecular flexibility index (Phi) is 5.45. The molecule has 5 heteroatoms. The van der Waals surface area contributed by atoms with Gasteiger partial charge in [0.25, 0.3) is 0 Å². The summed E-state index contributed by atoms with van der Waals surface area (Å²) in [5.41, 5.74) is 2.69. The fourth-order valence-corrected chi connectivity index (χ4v) is 4.08. The number of piperidine rings is 1. The van der Waals surface area contributed by atoms with Crippen LogP contribution in [0.3, 0.4) is 0 Å². The number of likely N-dealkylation sites (N-methyl/N-ethyl adjacent to an activating group) is 1. The van der Waals surface area contributed by atoms with Crippen LogP contribution < -0.4 is 5.32 Å². The third-order valence-electron chi connectivity index (χ3n) is 5.46. The zero-order valence-corrected chi connectivity index (χ0v) is 15.8. The highest BCUT2D eigenvalue weighted by Crippen LogP contribution is 2.26. The Labute approximate surface area is 150 Å². The van der Waals surface area contributed by atoms with Crippen LogP contribution in [-0.2, 0) is 18.4 Å². The monoisotopic (exact) mass is 342 g/mol. The Morgan fingerprint density at radius 3 is 2.80 bits per heavy atom. The van der Waals surface area contributed by atoms with Gasteiger partial charge in [-0.05, 0) is 44.6 Å². The van der Waals surface area contributed by atoms with Gasteiger partial charge in [-0.3, -0.25) is 9.69 Å². The molecule has 2 heterocycles. The quantitative estimate of drug-likeness (QED) is 0.904. The largest absolute Gasteiger partial charge is 0.356 e. The highest BCUT2D eigenvalue weighted by atomic mass is 16.1. The van der Waals surface area contributed by atoms with Gasteiger partial charge in [0.2, 0.25) is 5.91 Å². The number of hydrogen-bond acceptors (Lipinski definition) is 3. The van der Waals surface area contributed by atoms with E-state index in [2.05, 4.69) is 71.3 Å². The third-order valence-corrected chi connectivity index (χ3v) is 5.46. The molecule has 25 heavy (non-hydrogen) atoms.